The van der Waals surface area contributed by atoms with Crippen molar-refractivity contribution in [3.05, 3.63) is 42.6 Å². The first-order chi connectivity index (χ1) is 9.11. The van der Waals surface area contributed by atoms with Gasteiger partial charge < -0.3 is 0 Å². The van der Waals surface area contributed by atoms with Crippen LogP contribution in [0.5, 0.6) is 0 Å². The Balaban J connectivity index is 2.45. The van der Waals surface area contributed by atoms with Gasteiger partial charge >= 0.3 is 0 Å². The quantitative estimate of drug-likeness (QED) is 0.667. The number of imide groups is 1. The number of amides is 2. The Bertz CT molecular complexity index is 783. The Labute approximate surface area is 109 Å². The van der Waals surface area contributed by atoms with Crippen molar-refractivity contribution in [2.24, 2.45) is 0 Å². The summed E-state index contributed by atoms with van der Waals surface area (Å²) in [5.41, 5.74) is 2.56. The summed E-state index contributed by atoms with van der Waals surface area (Å²) < 4.78 is 3.61. The van der Waals surface area contributed by atoms with Gasteiger partial charge in [-0.25, -0.2) is 4.68 Å². The summed E-state index contributed by atoms with van der Waals surface area (Å²) in [6, 6.07) is 11.4. The Morgan fingerprint density at radius 1 is 0.947 bits per heavy atom. The lowest BCUT2D eigenvalue weighted by Crippen LogP contribution is -2.42. The molecular weight excluding hydrogens is 242 g/mol. The second kappa shape index (κ2) is 3.98. The minimum Gasteiger partial charge on any atom is -0.300 e. The predicted molar refractivity (Wildman–Crippen MR) is 72.5 cm³/mol. The Morgan fingerprint density at radius 2 is 1.58 bits per heavy atom. The number of hydrogen-bond donors (Lipinski definition) is 0. The SMILES string of the molecule is CC(=O)N(C(C)=O)n1c2ccccc2n2cccc12. The maximum absolute atomic E-state index is 11.8. The second-order valence-electron chi connectivity index (χ2n) is 4.39. The lowest BCUT2D eigenvalue weighted by Gasteiger charge is -2.19. The predicted octanol–water partition coefficient (Wildman–Crippen LogP) is 1.92. The van der Waals surface area contributed by atoms with E-state index in [-0.39, 0.29) is 11.8 Å². The smallest absolute Gasteiger partial charge is 0.245 e. The molecule has 0 radical (unpaired) electrons. The van der Waals surface area contributed by atoms with Crippen molar-refractivity contribution in [1.82, 2.24) is 9.08 Å². The van der Waals surface area contributed by atoms with Crippen molar-refractivity contribution in [3.8, 4) is 0 Å². The number of nitrogens with zero attached hydrogens (tertiary/aromatic N) is 3. The second-order valence-corrected chi connectivity index (χ2v) is 4.39. The third-order valence-corrected chi connectivity index (χ3v) is 3.11. The summed E-state index contributed by atoms with van der Waals surface area (Å²) in [4.78, 5) is 23.5. The first kappa shape index (κ1) is 11.5. The first-order valence-electron chi connectivity index (χ1n) is 5.99. The molecule has 0 aliphatic heterocycles. The van der Waals surface area contributed by atoms with Gasteiger partial charge in [-0.05, 0) is 24.3 Å². The third kappa shape index (κ3) is 1.55. The molecule has 0 fully saturated rings. The van der Waals surface area contributed by atoms with Gasteiger partial charge in [0.2, 0.25) is 11.8 Å². The van der Waals surface area contributed by atoms with E-state index in [1.54, 1.807) is 4.68 Å². The number of carbonyl (C=O) groups excluding carboxylic acids is 2. The minimum atomic E-state index is -0.308. The number of fused-ring (bicyclic) bond motifs is 3. The normalized spacial score (nSPS) is 11.1. The average Bonchev–Trinajstić information content (AvgIpc) is 2.92. The topological polar surface area (TPSA) is 46.7 Å². The molecule has 0 bridgehead atoms. The van der Waals surface area contributed by atoms with Gasteiger partial charge in [-0.1, -0.05) is 12.1 Å². The molecule has 0 unspecified atom stereocenters. The molecular formula is C14H13N3O2. The number of rotatable bonds is 1. The highest BCUT2D eigenvalue weighted by molar-refractivity contribution is 6.08. The van der Waals surface area contributed by atoms with Crippen LogP contribution in [0.4, 0.5) is 0 Å². The molecule has 2 amide bonds. The molecule has 96 valence electrons. The molecule has 5 nitrogen and oxygen atoms in total. The molecule has 5 heteroatoms. The maximum atomic E-state index is 11.8. The lowest BCUT2D eigenvalue weighted by atomic mass is 10.3. The highest BCUT2D eigenvalue weighted by Crippen LogP contribution is 2.21. The van der Waals surface area contributed by atoms with Crippen LogP contribution in [0.1, 0.15) is 13.8 Å². The number of carbonyl (C=O) groups is 2. The van der Waals surface area contributed by atoms with Crippen molar-refractivity contribution >= 4 is 28.5 Å². The van der Waals surface area contributed by atoms with E-state index >= 15 is 0 Å². The number of para-hydroxylation sites is 2. The fourth-order valence-corrected chi connectivity index (χ4v) is 2.43. The minimum absolute atomic E-state index is 0.308. The van der Waals surface area contributed by atoms with Crippen LogP contribution >= 0.6 is 0 Å². The molecule has 0 spiro atoms. The molecule has 0 saturated heterocycles. The van der Waals surface area contributed by atoms with Gasteiger partial charge in [0.05, 0.1) is 11.0 Å². The molecule has 1 aromatic carbocycles. The highest BCUT2D eigenvalue weighted by atomic mass is 16.2. The molecule has 0 atom stereocenters. The number of hydrogen-bond acceptors (Lipinski definition) is 2. The van der Waals surface area contributed by atoms with E-state index in [0.717, 1.165) is 21.7 Å². The Kier molecular flexibility index (Phi) is 2.41. The molecule has 0 aliphatic rings. The van der Waals surface area contributed by atoms with Crippen LogP contribution in [-0.2, 0) is 9.59 Å². The molecule has 2 aromatic heterocycles. The van der Waals surface area contributed by atoms with Gasteiger partial charge in [-0.15, -0.1) is 0 Å². The van der Waals surface area contributed by atoms with Crippen LogP contribution in [0.15, 0.2) is 42.6 Å². The van der Waals surface area contributed by atoms with Crippen molar-refractivity contribution in [2.75, 3.05) is 5.01 Å². The van der Waals surface area contributed by atoms with Gasteiger partial charge in [-0.3, -0.25) is 14.0 Å². The van der Waals surface area contributed by atoms with Gasteiger partial charge in [0, 0.05) is 20.0 Å². The van der Waals surface area contributed by atoms with Crippen LogP contribution in [0.3, 0.4) is 0 Å². The Morgan fingerprint density at radius 3 is 2.21 bits per heavy atom. The van der Waals surface area contributed by atoms with Crippen molar-refractivity contribution in [3.63, 3.8) is 0 Å². The van der Waals surface area contributed by atoms with E-state index in [4.69, 9.17) is 0 Å². The summed E-state index contributed by atoms with van der Waals surface area (Å²) in [7, 11) is 0. The van der Waals surface area contributed by atoms with Crippen LogP contribution in [0.25, 0.3) is 16.7 Å². The van der Waals surface area contributed by atoms with E-state index < -0.39 is 0 Å². The number of benzene rings is 1. The van der Waals surface area contributed by atoms with E-state index in [0.29, 0.717) is 0 Å². The van der Waals surface area contributed by atoms with Crippen molar-refractivity contribution in [1.29, 1.82) is 0 Å². The van der Waals surface area contributed by atoms with Crippen LogP contribution in [-0.4, -0.2) is 20.9 Å². The molecule has 3 aromatic rings. The monoisotopic (exact) mass is 255 g/mol. The summed E-state index contributed by atoms with van der Waals surface area (Å²) >= 11 is 0. The first-order valence-corrected chi connectivity index (χ1v) is 5.99. The summed E-state index contributed by atoms with van der Waals surface area (Å²) in [5.74, 6) is -0.617. The molecule has 0 N–H and O–H groups in total. The molecule has 0 saturated carbocycles. The van der Waals surface area contributed by atoms with Crippen LogP contribution < -0.4 is 5.01 Å². The number of aromatic nitrogens is 2. The van der Waals surface area contributed by atoms with Crippen molar-refractivity contribution < 1.29 is 9.59 Å². The molecule has 19 heavy (non-hydrogen) atoms. The molecule has 2 heterocycles. The van der Waals surface area contributed by atoms with Gasteiger partial charge in [-0.2, -0.15) is 5.01 Å². The van der Waals surface area contributed by atoms with E-state index in [1.807, 2.05) is 47.0 Å². The largest absolute Gasteiger partial charge is 0.300 e. The summed E-state index contributed by atoms with van der Waals surface area (Å²) in [5, 5.41) is 1.15. The maximum Gasteiger partial charge on any atom is 0.245 e. The average molecular weight is 255 g/mol. The standard InChI is InChI=1S/C14H13N3O2/c1-10(18)16(11(2)19)17-13-7-4-3-6-12(13)15-9-5-8-14(15)17/h3-9H,1-2H3. The van der Waals surface area contributed by atoms with Gasteiger partial charge in [0.15, 0.2) is 0 Å². The fourth-order valence-electron chi connectivity index (χ4n) is 2.43. The highest BCUT2D eigenvalue weighted by Gasteiger charge is 2.21. The molecule has 3 rings (SSSR count). The Hall–Kier alpha value is -2.56. The van der Waals surface area contributed by atoms with E-state index in [1.165, 1.54) is 13.8 Å². The lowest BCUT2D eigenvalue weighted by molar-refractivity contribution is -0.126. The zero-order chi connectivity index (χ0) is 13.6. The van der Waals surface area contributed by atoms with E-state index in [9.17, 15) is 9.59 Å². The number of imidazole rings is 1. The van der Waals surface area contributed by atoms with Crippen LogP contribution in [0.2, 0.25) is 0 Å². The zero-order valence-electron chi connectivity index (χ0n) is 10.7. The summed E-state index contributed by atoms with van der Waals surface area (Å²) in [6.07, 6.45) is 1.91. The third-order valence-electron chi connectivity index (χ3n) is 3.11. The summed E-state index contributed by atoms with van der Waals surface area (Å²) in [6.45, 7) is 2.77. The fraction of sp³-hybridized carbons (Fsp3) is 0.143. The van der Waals surface area contributed by atoms with Crippen molar-refractivity contribution in [2.45, 2.75) is 13.8 Å². The molecule has 0 aliphatic carbocycles. The van der Waals surface area contributed by atoms with Gasteiger partial charge in [0.1, 0.15) is 5.65 Å². The zero-order valence-corrected chi connectivity index (χ0v) is 10.7. The van der Waals surface area contributed by atoms with Crippen LogP contribution in [0, 0.1) is 0 Å². The van der Waals surface area contributed by atoms with Gasteiger partial charge in [0.25, 0.3) is 0 Å². The van der Waals surface area contributed by atoms with E-state index in [2.05, 4.69) is 0 Å².